The molecule has 0 saturated carbocycles. The number of rotatable bonds is 12. The van der Waals surface area contributed by atoms with Gasteiger partial charge < -0.3 is 29.2 Å². The lowest BCUT2D eigenvalue weighted by Crippen LogP contribution is -2.47. The summed E-state index contributed by atoms with van der Waals surface area (Å²) in [6, 6.07) is 0. The van der Waals surface area contributed by atoms with Crippen LogP contribution in [0.1, 0.15) is 25.7 Å². The van der Waals surface area contributed by atoms with Gasteiger partial charge in [-0.2, -0.15) is 0 Å². The highest BCUT2D eigenvalue weighted by Crippen LogP contribution is 2.14. The first-order valence-electron chi connectivity index (χ1n) is 8.94. The molecule has 7 heteroatoms. The van der Waals surface area contributed by atoms with E-state index in [-0.39, 0.29) is 0 Å². The first kappa shape index (κ1) is 21.2. The number of guanidine groups is 1. The van der Waals surface area contributed by atoms with Crippen LogP contribution in [0, 0.1) is 0 Å². The van der Waals surface area contributed by atoms with Gasteiger partial charge in [-0.25, -0.2) is 0 Å². The SMILES string of the molecule is CN=C(NCCCOCCOC)N1CCC(OCCCOC)CC1. The summed E-state index contributed by atoms with van der Waals surface area (Å²) in [4.78, 5) is 6.69. The number of aliphatic imine (C=N–C) groups is 1. The van der Waals surface area contributed by atoms with E-state index in [2.05, 4.69) is 15.2 Å². The topological polar surface area (TPSA) is 64.6 Å². The maximum Gasteiger partial charge on any atom is 0.193 e. The van der Waals surface area contributed by atoms with Crippen LogP contribution >= 0.6 is 0 Å². The zero-order chi connectivity index (χ0) is 17.5. The molecule has 1 N–H and O–H groups in total. The average Bonchev–Trinajstić information content (AvgIpc) is 2.62. The third-order valence-corrected chi connectivity index (χ3v) is 3.98. The maximum atomic E-state index is 5.90. The van der Waals surface area contributed by atoms with Crippen molar-refractivity contribution in [3.8, 4) is 0 Å². The minimum absolute atomic E-state index is 0.366. The van der Waals surface area contributed by atoms with E-state index in [1.54, 1.807) is 14.2 Å². The highest BCUT2D eigenvalue weighted by molar-refractivity contribution is 5.79. The molecule has 1 fully saturated rings. The number of nitrogens with one attached hydrogen (secondary N) is 1. The third-order valence-electron chi connectivity index (χ3n) is 3.98. The van der Waals surface area contributed by atoms with Crippen molar-refractivity contribution in [2.45, 2.75) is 31.8 Å². The van der Waals surface area contributed by atoms with Crippen molar-refractivity contribution >= 4 is 5.96 Å². The summed E-state index contributed by atoms with van der Waals surface area (Å²) in [5, 5.41) is 3.41. The fraction of sp³-hybridized carbons (Fsp3) is 0.941. The summed E-state index contributed by atoms with van der Waals surface area (Å²) in [6.07, 6.45) is 4.39. The standard InChI is InChI=1S/C17H35N3O4/c1-18-17(19-8-4-12-23-15-14-22-3)20-9-6-16(7-10-20)24-13-5-11-21-2/h16H,4-15H2,1-3H3,(H,18,19). The van der Waals surface area contributed by atoms with Crippen LogP contribution in [-0.2, 0) is 18.9 Å². The van der Waals surface area contributed by atoms with E-state index >= 15 is 0 Å². The number of ether oxygens (including phenoxy) is 4. The Bertz CT molecular complexity index is 321. The molecule has 0 radical (unpaired) electrons. The predicted octanol–water partition coefficient (Wildman–Crippen LogP) is 1.13. The first-order chi connectivity index (χ1) is 11.8. The lowest BCUT2D eigenvalue weighted by molar-refractivity contribution is 0.00989. The van der Waals surface area contributed by atoms with Gasteiger partial charge >= 0.3 is 0 Å². The van der Waals surface area contributed by atoms with Crippen molar-refractivity contribution < 1.29 is 18.9 Å². The summed E-state index contributed by atoms with van der Waals surface area (Å²) in [5.74, 6) is 0.977. The summed E-state index contributed by atoms with van der Waals surface area (Å²) < 4.78 is 21.3. The summed E-state index contributed by atoms with van der Waals surface area (Å²) in [6.45, 7) is 6.44. The van der Waals surface area contributed by atoms with Gasteiger partial charge in [-0.05, 0) is 25.7 Å². The van der Waals surface area contributed by atoms with Crippen molar-refractivity contribution in [1.82, 2.24) is 10.2 Å². The second kappa shape index (κ2) is 14.5. The second-order valence-corrected chi connectivity index (χ2v) is 5.84. The number of piperidine rings is 1. The maximum absolute atomic E-state index is 5.90. The van der Waals surface area contributed by atoms with Crippen LogP contribution in [0.5, 0.6) is 0 Å². The Balaban J connectivity index is 2.10. The summed E-state index contributed by atoms with van der Waals surface area (Å²) in [5.41, 5.74) is 0. The Labute approximate surface area is 146 Å². The minimum Gasteiger partial charge on any atom is -0.385 e. The van der Waals surface area contributed by atoms with Gasteiger partial charge in [0.2, 0.25) is 0 Å². The lowest BCUT2D eigenvalue weighted by Gasteiger charge is -2.34. The van der Waals surface area contributed by atoms with Crippen LogP contribution < -0.4 is 5.32 Å². The van der Waals surface area contributed by atoms with Gasteiger partial charge in [-0.1, -0.05) is 0 Å². The normalized spacial score (nSPS) is 16.6. The molecule has 0 amide bonds. The minimum atomic E-state index is 0.366. The van der Waals surface area contributed by atoms with Crippen molar-refractivity contribution in [1.29, 1.82) is 0 Å². The molecule has 24 heavy (non-hydrogen) atoms. The fourth-order valence-corrected chi connectivity index (χ4v) is 2.64. The molecule has 0 aliphatic carbocycles. The molecule has 1 heterocycles. The fourth-order valence-electron chi connectivity index (χ4n) is 2.64. The molecule has 7 nitrogen and oxygen atoms in total. The van der Waals surface area contributed by atoms with Crippen molar-refractivity contribution in [2.24, 2.45) is 4.99 Å². The van der Waals surface area contributed by atoms with Gasteiger partial charge in [0.15, 0.2) is 5.96 Å². The van der Waals surface area contributed by atoms with Gasteiger partial charge in [0, 0.05) is 60.7 Å². The molecule has 0 aromatic carbocycles. The van der Waals surface area contributed by atoms with Gasteiger partial charge in [-0.15, -0.1) is 0 Å². The molecule has 0 bridgehead atoms. The van der Waals surface area contributed by atoms with Gasteiger partial charge in [0.05, 0.1) is 19.3 Å². The van der Waals surface area contributed by atoms with Gasteiger partial charge in [0.25, 0.3) is 0 Å². The molecular formula is C17H35N3O4. The van der Waals surface area contributed by atoms with Crippen LogP contribution in [0.15, 0.2) is 4.99 Å². The monoisotopic (exact) mass is 345 g/mol. The number of likely N-dealkylation sites (tertiary alicyclic amines) is 1. The predicted molar refractivity (Wildman–Crippen MR) is 95.7 cm³/mol. The molecule has 142 valence electrons. The Morgan fingerprint density at radius 3 is 2.42 bits per heavy atom. The number of nitrogens with zero attached hydrogens (tertiary/aromatic N) is 2. The van der Waals surface area contributed by atoms with Crippen LogP contribution in [0.4, 0.5) is 0 Å². The summed E-state index contributed by atoms with van der Waals surface area (Å²) in [7, 11) is 5.25. The van der Waals surface area contributed by atoms with E-state index in [1.165, 1.54) is 0 Å². The Hall–Kier alpha value is -0.890. The highest BCUT2D eigenvalue weighted by Gasteiger charge is 2.21. The molecule has 1 aliphatic rings. The largest absolute Gasteiger partial charge is 0.385 e. The molecular weight excluding hydrogens is 310 g/mol. The number of methoxy groups -OCH3 is 2. The molecule has 1 rings (SSSR count). The first-order valence-corrected chi connectivity index (χ1v) is 8.94. The Morgan fingerprint density at radius 1 is 1.00 bits per heavy atom. The van der Waals surface area contributed by atoms with E-state index in [0.29, 0.717) is 19.3 Å². The van der Waals surface area contributed by atoms with Crippen molar-refractivity contribution in [3.63, 3.8) is 0 Å². The number of hydrogen-bond donors (Lipinski definition) is 1. The second-order valence-electron chi connectivity index (χ2n) is 5.84. The van der Waals surface area contributed by atoms with Crippen LogP contribution in [0.25, 0.3) is 0 Å². The lowest BCUT2D eigenvalue weighted by atomic mass is 10.1. The molecule has 1 aliphatic heterocycles. The molecule has 1 saturated heterocycles. The van der Waals surface area contributed by atoms with E-state index in [1.807, 2.05) is 7.05 Å². The Kier molecular flexibility index (Phi) is 12.7. The van der Waals surface area contributed by atoms with Crippen LogP contribution in [0.3, 0.4) is 0 Å². The highest BCUT2D eigenvalue weighted by atomic mass is 16.5. The van der Waals surface area contributed by atoms with E-state index < -0.39 is 0 Å². The average molecular weight is 345 g/mol. The van der Waals surface area contributed by atoms with E-state index in [9.17, 15) is 0 Å². The van der Waals surface area contributed by atoms with Gasteiger partial charge in [0.1, 0.15) is 0 Å². The van der Waals surface area contributed by atoms with Crippen LogP contribution in [-0.4, -0.2) is 90.9 Å². The molecule has 0 spiro atoms. The van der Waals surface area contributed by atoms with E-state index in [0.717, 1.165) is 71.1 Å². The Morgan fingerprint density at radius 2 is 1.75 bits per heavy atom. The molecule has 0 aromatic heterocycles. The van der Waals surface area contributed by atoms with E-state index in [4.69, 9.17) is 18.9 Å². The zero-order valence-electron chi connectivity index (χ0n) is 15.6. The molecule has 0 atom stereocenters. The van der Waals surface area contributed by atoms with Crippen molar-refractivity contribution in [3.05, 3.63) is 0 Å². The molecule has 0 unspecified atom stereocenters. The third kappa shape index (κ3) is 9.42. The van der Waals surface area contributed by atoms with Gasteiger partial charge in [-0.3, -0.25) is 4.99 Å². The summed E-state index contributed by atoms with van der Waals surface area (Å²) >= 11 is 0. The van der Waals surface area contributed by atoms with Crippen LogP contribution in [0.2, 0.25) is 0 Å². The number of hydrogen-bond acceptors (Lipinski definition) is 5. The zero-order valence-corrected chi connectivity index (χ0v) is 15.6. The smallest absolute Gasteiger partial charge is 0.193 e. The quantitative estimate of drug-likeness (QED) is 0.325. The molecule has 0 aromatic rings. The van der Waals surface area contributed by atoms with Crippen molar-refractivity contribution in [2.75, 3.05) is 73.9 Å².